The number of nitrogens with two attached hydrogens (primary N) is 1. The molecule has 0 bridgehead atoms. The number of aromatic nitrogens is 2. The van der Waals surface area contributed by atoms with Gasteiger partial charge in [-0.15, -0.1) is 0 Å². The molecule has 1 atom stereocenters. The third-order valence-corrected chi connectivity index (χ3v) is 2.95. The van der Waals surface area contributed by atoms with Gasteiger partial charge in [-0.25, -0.2) is 0 Å². The quantitative estimate of drug-likeness (QED) is 0.912. The zero-order valence-corrected chi connectivity index (χ0v) is 11.6. The summed E-state index contributed by atoms with van der Waals surface area (Å²) in [5, 5.41) is 4.33. The SMILES string of the molecule is CCc1nc(COc2ccc([C@H](C)N)cc2Cl)no1. The molecule has 2 rings (SSSR count). The van der Waals surface area contributed by atoms with Gasteiger partial charge in [0.15, 0.2) is 6.61 Å². The highest BCUT2D eigenvalue weighted by Crippen LogP contribution is 2.27. The molecule has 2 aromatic rings. The van der Waals surface area contributed by atoms with Gasteiger partial charge in [-0.3, -0.25) is 0 Å². The molecule has 0 saturated heterocycles. The molecule has 0 fully saturated rings. The topological polar surface area (TPSA) is 74.2 Å². The summed E-state index contributed by atoms with van der Waals surface area (Å²) >= 11 is 6.13. The normalized spacial score (nSPS) is 12.4. The first-order valence-electron chi connectivity index (χ1n) is 6.09. The van der Waals surface area contributed by atoms with Gasteiger partial charge in [0.2, 0.25) is 11.7 Å². The lowest BCUT2D eigenvalue weighted by atomic mass is 10.1. The molecule has 0 amide bonds. The van der Waals surface area contributed by atoms with E-state index in [0.717, 1.165) is 5.56 Å². The highest BCUT2D eigenvalue weighted by molar-refractivity contribution is 6.32. The zero-order chi connectivity index (χ0) is 13.8. The zero-order valence-electron chi connectivity index (χ0n) is 10.9. The average Bonchev–Trinajstić information content (AvgIpc) is 2.85. The molecule has 19 heavy (non-hydrogen) atoms. The van der Waals surface area contributed by atoms with Crippen LogP contribution in [0.1, 0.15) is 37.2 Å². The Morgan fingerprint density at radius 1 is 1.47 bits per heavy atom. The maximum absolute atomic E-state index is 6.13. The Hall–Kier alpha value is -1.59. The third-order valence-electron chi connectivity index (χ3n) is 2.65. The molecular formula is C13H16ClN3O2. The van der Waals surface area contributed by atoms with Crippen molar-refractivity contribution in [2.45, 2.75) is 32.9 Å². The number of ether oxygens (including phenoxy) is 1. The van der Waals surface area contributed by atoms with E-state index in [0.29, 0.717) is 28.9 Å². The lowest BCUT2D eigenvalue weighted by Crippen LogP contribution is -2.05. The fourth-order valence-corrected chi connectivity index (χ4v) is 1.80. The molecule has 1 aromatic heterocycles. The van der Waals surface area contributed by atoms with Gasteiger partial charge in [-0.2, -0.15) is 4.98 Å². The minimum absolute atomic E-state index is 0.0594. The number of rotatable bonds is 5. The number of nitrogens with zero attached hydrogens (tertiary/aromatic N) is 2. The molecule has 0 aliphatic rings. The van der Waals surface area contributed by atoms with Crippen LogP contribution in [0.3, 0.4) is 0 Å². The van der Waals surface area contributed by atoms with Gasteiger partial charge in [-0.1, -0.05) is 29.7 Å². The van der Waals surface area contributed by atoms with Crippen LogP contribution in [0.4, 0.5) is 0 Å². The van der Waals surface area contributed by atoms with Crippen molar-refractivity contribution in [1.29, 1.82) is 0 Å². The van der Waals surface area contributed by atoms with E-state index >= 15 is 0 Å². The van der Waals surface area contributed by atoms with E-state index in [2.05, 4.69) is 10.1 Å². The van der Waals surface area contributed by atoms with E-state index in [1.54, 1.807) is 12.1 Å². The van der Waals surface area contributed by atoms with Crippen LogP contribution in [0, 0.1) is 0 Å². The number of benzene rings is 1. The van der Waals surface area contributed by atoms with E-state index in [1.165, 1.54) is 0 Å². The lowest BCUT2D eigenvalue weighted by molar-refractivity contribution is 0.285. The number of aryl methyl sites for hydroxylation is 1. The number of hydrogen-bond acceptors (Lipinski definition) is 5. The third kappa shape index (κ3) is 3.45. The first-order chi connectivity index (χ1) is 9.10. The minimum Gasteiger partial charge on any atom is -0.484 e. The predicted molar refractivity (Wildman–Crippen MR) is 72.1 cm³/mol. The van der Waals surface area contributed by atoms with Crippen molar-refractivity contribution >= 4 is 11.6 Å². The Labute approximate surface area is 116 Å². The van der Waals surface area contributed by atoms with E-state index in [1.807, 2.05) is 19.9 Å². The molecule has 0 aliphatic heterocycles. The predicted octanol–water partition coefficient (Wildman–Crippen LogP) is 2.88. The van der Waals surface area contributed by atoms with Gasteiger partial charge in [0.1, 0.15) is 5.75 Å². The van der Waals surface area contributed by atoms with Crippen LogP contribution in [0.15, 0.2) is 22.7 Å². The van der Waals surface area contributed by atoms with Crippen LogP contribution in [0.25, 0.3) is 0 Å². The second kappa shape index (κ2) is 6.04. The van der Waals surface area contributed by atoms with E-state index in [9.17, 15) is 0 Å². The molecule has 2 N–H and O–H groups in total. The van der Waals surface area contributed by atoms with Crippen molar-refractivity contribution in [3.63, 3.8) is 0 Å². The fourth-order valence-electron chi connectivity index (χ4n) is 1.55. The molecule has 102 valence electrons. The van der Waals surface area contributed by atoms with Gasteiger partial charge in [0.25, 0.3) is 0 Å². The minimum atomic E-state index is -0.0594. The van der Waals surface area contributed by atoms with Crippen LogP contribution >= 0.6 is 11.6 Å². The Morgan fingerprint density at radius 2 is 2.26 bits per heavy atom. The Kier molecular flexibility index (Phi) is 4.39. The molecule has 1 aromatic carbocycles. The summed E-state index contributed by atoms with van der Waals surface area (Å²) in [6.45, 7) is 4.07. The van der Waals surface area contributed by atoms with Gasteiger partial charge in [0.05, 0.1) is 5.02 Å². The summed E-state index contributed by atoms with van der Waals surface area (Å²) in [5.41, 5.74) is 6.75. The van der Waals surface area contributed by atoms with Crippen molar-refractivity contribution < 1.29 is 9.26 Å². The maximum atomic E-state index is 6.13. The number of halogens is 1. The summed E-state index contributed by atoms with van der Waals surface area (Å²) in [7, 11) is 0. The van der Waals surface area contributed by atoms with Gasteiger partial charge >= 0.3 is 0 Å². The lowest BCUT2D eigenvalue weighted by Gasteiger charge is -2.10. The molecule has 1 heterocycles. The van der Waals surface area contributed by atoms with Gasteiger partial charge < -0.3 is 15.0 Å². The molecule has 0 aliphatic carbocycles. The fraction of sp³-hybridized carbons (Fsp3) is 0.385. The largest absolute Gasteiger partial charge is 0.484 e. The molecule has 5 nitrogen and oxygen atoms in total. The molecule has 0 unspecified atom stereocenters. The monoisotopic (exact) mass is 281 g/mol. The van der Waals surface area contributed by atoms with E-state index in [4.69, 9.17) is 26.6 Å². The summed E-state index contributed by atoms with van der Waals surface area (Å²) in [5.74, 6) is 1.68. The smallest absolute Gasteiger partial charge is 0.226 e. The highest BCUT2D eigenvalue weighted by atomic mass is 35.5. The second-order valence-electron chi connectivity index (χ2n) is 4.23. The van der Waals surface area contributed by atoms with Crippen LogP contribution < -0.4 is 10.5 Å². The molecule has 6 heteroatoms. The van der Waals surface area contributed by atoms with E-state index < -0.39 is 0 Å². The van der Waals surface area contributed by atoms with Crippen LogP contribution in [0.2, 0.25) is 5.02 Å². The Bertz CT molecular complexity index is 555. The Balaban J connectivity index is 2.03. The standard InChI is InChI=1S/C13H16ClN3O2/c1-3-13-16-12(17-19-13)7-18-11-5-4-9(8(2)15)6-10(11)14/h4-6,8H,3,7,15H2,1-2H3/t8-/m0/s1. The van der Waals surface area contributed by atoms with Crippen molar-refractivity contribution in [2.75, 3.05) is 0 Å². The van der Waals surface area contributed by atoms with E-state index in [-0.39, 0.29) is 12.6 Å². The molecular weight excluding hydrogens is 266 g/mol. The second-order valence-corrected chi connectivity index (χ2v) is 4.63. The summed E-state index contributed by atoms with van der Waals surface area (Å²) in [6.07, 6.45) is 0.705. The van der Waals surface area contributed by atoms with Crippen molar-refractivity contribution in [1.82, 2.24) is 10.1 Å². The first kappa shape index (κ1) is 13.8. The number of hydrogen-bond donors (Lipinski definition) is 1. The van der Waals surface area contributed by atoms with Crippen LogP contribution in [-0.2, 0) is 13.0 Å². The Morgan fingerprint density at radius 3 is 2.84 bits per heavy atom. The highest BCUT2D eigenvalue weighted by Gasteiger charge is 2.09. The summed E-state index contributed by atoms with van der Waals surface area (Å²) in [4.78, 5) is 4.15. The summed E-state index contributed by atoms with van der Waals surface area (Å²) < 4.78 is 10.6. The van der Waals surface area contributed by atoms with Crippen molar-refractivity contribution in [2.24, 2.45) is 5.73 Å². The van der Waals surface area contributed by atoms with Crippen molar-refractivity contribution in [3.8, 4) is 5.75 Å². The van der Waals surface area contributed by atoms with Crippen molar-refractivity contribution in [3.05, 3.63) is 40.5 Å². The molecule has 0 saturated carbocycles. The van der Waals surface area contributed by atoms with Gasteiger partial charge in [-0.05, 0) is 24.6 Å². The van der Waals surface area contributed by atoms with Gasteiger partial charge in [0, 0.05) is 12.5 Å². The maximum Gasteiger partial charge on any atom is 0.226 e. The van der Waals surface area contributed by atoms with Crippen LogP contribution in [-0.4, -0.2) is 10.1 Å². The first-order valence-corrected chi connectivity index (χ1v) is 6.47. The molecule has 0 spiro atoms. The molecule has 0 radical (unpaired) electrons. The average molecular weight is 282 g/mol. The van der Waals surface area contributed by atoms with Crippen LogP contribution in [0.5, 0.6) is 5.75 Å². The summed E-state index contributed by atoms with van der Waals surface area (Å²) in [6, 6.07) is 5.42.